The Hall–Kier alpha value is -1.00. The van der Waals surface area contributed by atoms with Gasteiger partial charge in [-0.05, 0) is 98.5 Å². The van der Waals surface area contributed by atoms with Crippen molar-refractivity contribution >= 4 is 82.5 Å². The van der Waals surface area contributed by atoms with Crippen molar-refractivity contribution < 1.29 is 4.53 Å². The summed E-state index contributed by atoms with van der Waals surface area (Å²) in [5.41, 5.74) is 14.7. The summed E-state index contributed by atoms with van der Waals surface area (Å²) in [5, 5.41) is 11.5. The molecule has 1 aliphatic rings. The highest BCUT2D eigenvalue weighted by Gasteiger charge is 2.59. The Morgan fingerprint density at radius 1 is 0.435 bits per heavy atom. The van der Waals surface area contributed by atoms with Gasteiger partial charge in [-0.25, -0.2) is 0 Å². The summed E-state index contributed by atoms with van der Waals surface area (Å²) < 4.78 is 7.94. The monoisotopic (exact) mass is 976 g/mol. The van der Waals surface area contributed by atoms with Crippen LogP contribution in [-0.4, -0.2) is 61.0 Å². The Kier molecular flexibility index (Phi) is 15.8. The molecule has 10 heteroatoms. The molecule has 3 aromatic rings. The number of oxime groups is 1. The van der Waals surface area contributed by atoms with Crippen LogP contribution in [0.15, 0.2) is 41.6 Å². The second-order valence-electron chi connectivity index (χ2n) is 27.1. The minimum absolute atomic E-state index is 0.338. The standard InChI is InChI=1S/C52H93NOSSi7/c1-34(2)40-30-42(35(3)4)47(43(31-40)36(5)6)62(54-53-49(55-62)46-38(8)28-37(7)29-39(46)9)48-44(51(58(16,17)18)59(19,20)21)32-41(50(56(10,11)12)57(13,14)15)33-45(48)52(60(22,23)24)61(25,26)27/h28-36,50-52H,1-27H3. The highest BCUT2D eigenvalue weighted by Crippen LogP contribution is 2.49. The van der Waals surface area contributed by atoms with Crippen molar-refractivity contribution in [3.63, 3.8) is 0 Å². The maximum Gasteiger partial charge on any atom is 0.416 e. The molecule has 0 amide bonds. The molecule has 62 heavy (non-hydrogen) atoms. The van der Waals surface area contributed by atoms with Crippen molar-refractivity contribution in [2.24, 2.45) is 5.16 Å². The lowest BCUT2D eigenvalue weighted by molar-refractivity contribution is 0.360. The van der Waals surface area contributed by atoms with Crippen molar-refractivity contribution in [2.45, 2.75) is 213 Å². The maximum absolute atomic E-state index is 7.94. The topological polar surface area (TPSA) is 21.6 Å². The fourth-order valence-electron chi connectivity index (χ4n) is 13.0. The van der Waals surface area contributed by atoms with Gasteiger partial charge >= 0.3 is 7.47 Å². The second-order valence-corrected chi connectivity index (χ2v) is 66.0. The molecule has 0 aliphatic carbocycles. The molecule has 0 saturated carbocycles. The van der Waals surface area contributed by atoms with Crippen LogP contribution in [-0.2, 0) is 4.53 Å². The quantitative estimate of drug-likeness (QED) is 0.142. The van der Waals surface area contributed by atoms with E-state index < -0.39 is 55.9 Å². The molecule has 4 rings (SSSR count). The van der Waals surface area contributed by atoms with Gasteiger partial charge in [0.15, 0.2) is 0 Å². The molecule has 2 nitrogen and oxygen atoms in total. The number of benzene rings is 3. The van der Waals surface area contributed by atoms with Crippen LogP contribution >= 0.6 is 11.2 Å². The molecule has 0 spiro atoms. The molecule has 0 aromatic heterocycles. The normalized spacial score (nSPS) is 17.4. The Morgan fingerprint density at radius 2 is 0.758 bits per heavy atom. The van der Waals surface area contributed by atoms with Gasteiger partial charge in [-0.1, -0.05) is 218 Å². The van der Waals surface area contributed by atoms with E-state index in [0.29, 0.717) is 33.2 Å². The lowest BCUT2D eigenvalue weighted by atomic mass is 9.89. The van der Waals surface area contributed by atoms with E-state index in [1.807, 2.05) is 0 Å². The molecule has 0 bridgehead atoms. The Morgan fingerprint density at radius 3 is 1.06 bits per heavy atom. The predicted octanol–water partition coefficient (Wildman–Crippen LogP) is 16.2. The lowest BCUT2D eigenvalue weighted by Crippen LogP contribution is -2.65. The maximum atomic E-state index is 7.94. The van der Waals surface area contributed by atoms with Crippen LogP contribution in [0.3, 0.4) is 0 Å². The van der Waals surface area contributed by atoms with E-state index in [0.717, 1.165) is 5.04 Å². The summed E-state index contributed by atoms with van der Waals surface area (Å²) in [6.45, 7) is 69.8. The summed E-state index contributed by atoms with van der Waals surface area (Å²) in [6, 6.07) is 15.7. The van der Waals surface area contributed by atoms with Crippen LogP contribution in [0.4, 0.5) is 0 Å². The minimum Gasteiger partial charge on any atom is -0.429 e. The molecule has 0 saturated heterocycles. The first-order valence-electron chi connectivity index (χ1n) is 24.2. The van der Waals surface area contributed by atoms with Gasteiger partial charge in [-0.2, -0.15) is 0 Å². The van der Waals surface area contributed by atoms with Crippen molar-refractivity contribution in [1.29, 1.82) is 0 Å². The zero-order valence-corrected chi connectivity index (χ0v) is 53.0. The van der Waals surface area contributed by atoms with E-state index in [2.05, 4.69) is 228 Å². The van der Waals surface area contributed by atoms with Crippen LogP contribution in [0.25, 0.3) is 0 Å². The highest BCUT2D eigenvalue weighted by molar-refractivity contribution is 8.41. The number of nitrogens with zero attached hydrogens (tertiary/aromatic N) is 1. The average molecular weight is 977 g/mol. The Bertz CT molecular complexity index is 2000. The number of hydrogen-bond acceptors (Lipinski definition) is 3. The van der Waals surface area contributed by atoms with Gasteiger partial charge in [-0.3, -0.25) is 0 Å². The van der Waals surface area contributed by atoms with Crippen LogP contribution in [0, 0.1) is 20.8 Å². The van der Waals surface area contributed by atoms with Crippen LogP contribution in [0.2, 0.25) is 118 Å². The fourth-order valence-corrected chi connectivity index (χ4v) is 59.6. The zero-order chi connectivity index (χ0) is 47.8. The van der Waals surface area contributed by atoms with Gasteiger partial charge in [0.25, 0.3) is 0 Å². The van der Waals surface area contributed by atoms with E-state index in [4.69, 9.17) is 9.68 Å². The van der Waals surface area contributed by atoms with Gasteiger partial charge in [0.1, 0.15) is 5.04 Å². The fraction of sp³-hybridized carbons (Fsp3) is 0.635. The average Bonchev–Trinajstić information content (AvgIpc) is 3.44. The van der Waals surface area contributed by atoms with Gasteiger partial charge < -0.3 is 4.53 Å². The Balaban J connectivity index is 2.56. The van der Waals surface area contributed by atoms with E-state index in [-0.39, 0.29) is 0 Å². The Labute approximate surface area is 394 Å². The van der Waals surface area contributed by atoms with Gasteiger partial charge in [-0.15, -0.1) is 0 Å². The molecule has 1 unspecified atom stereocenters. The van der Waals surface area contributed by atoms with E-state index in [1.165, 1.54) is 44.1 Å². The predicted molar refractivity (Wildman–Crippen MR) is 304 cm³/mol. The lowest BCUT2D eigenvalue weighted by Gasteiger charge is -2.47. The van der Waals surface area contributed by atoms with Gasteiger partial charge in [0, 0.05) is 64.4 Å². The molecular weight excluding hydrogens is 883 g/mol. The molecular formula is C52H93NOSSi7. The van der Waals surface area contributed by atoms with Crippen molar-refractivity contribution in [1.82, 2.24) is 0 Å². The van der Waals surface area contributed by atoms with Crippen molar-refractivity contribution in [3.05, 3.63) is 92.0 Å². The van der Waals surface area contributed by atoms with Gasteiger partial charge in [0.2, 0.25) is 0 Å². The summed E-state index contributed by atoms with van der Waals surface area (Å²) in [4.78, 5) is 0. The third kappa shape index (κ3) is 11.1. The SMILES string of the molecule is Cc1cc(C)c(C2=NO[Si](c3c(C(C)C)cc(C(C)C)cc3C(C)C)(c3c(C([Si](C)(C)C)[Si](C)(C)C)cc(C([Si](C)(C)C)[Si](C)(C)C)cc3C([Si](C)(C)C)[Si](C)(C)C)S2)c(C)c1. The summed E-state index contributed by atoms with van der Waals surface area (Å²) in [7, 11) is -14.1. The molecule has 1 atom stereocenters. The molecule has 1 heterocycles. The summed E-state index contributed by atoms with van der Waals surface area (Å²) in [5.74, 6) is 1.12. The summed E-state index contributed by atoms with van der Waals surface area (Å²) >= 11 is 2.11. The van der Waals surface area contributed by atoms with Crippen molar-refractivity contribution in [2.75, 3.05) is 0 Å². The van der Waals surface area contributed by atoms with E-state index in [9.17, 15) is 0 Å². The molecule has 3 aromatic carbocycles. The first-order valence-corrected chi connectivity index (χ1v) is 49.1. The molecule has 0 radical (unpaired) electrons. The minimum atomic E-state index is -3.32. The number of aryl methyl sites for hydroxylation is 3. The van der Waals surface area contributed by atoms with Gasteiger partial charge in [0.05, 0.1) is 0 Å². The van der Waals surface area contributed by atoms with Crippen LogP contribution in [0.1, 0.15) is 130 Å². The van der Waals surface area contributed by atoms with Crippen LogP contribution < -0.4 is 10.4 Å². The molecule has 346 valence electrons. The first kappa shape index (κ1) is 53.6. The largest absolute Gasteiger partial charge is 0.429 e. The van der Waals surface area contributed by atoms with E-state index >= 15 is 0 Å². The first-order chi connectivity index (χ1) is 27.8. The summed E-state index contributed by atoms with van der Waals surface area (Å²) in [6.07, 6.45) is 0. The highest BCUT2D eigenvalue weighted by atomic mass is 32.4. The smallest absolute Gasteiger partial charge is 0.416 e. The van der Waals surface area contributed by atoms with Crippen LogP contribution in [0.5, 0.6) is 0 Å². The zero-order valence-electron chi connectivity index (χ0n) is 45.2. The third-order valence-electron chi connectivity index (χ3n) is 13.6. The molecule has 0 fully saturated rings. The van der Waals surface area contributed by atoms with E-state index in [1.54, 1.807) is 21.9 Å². The number of hydrogen-bond donors (Lipinski definition) is 0. The second kappa shape index (κ2) is 18.2. The van der Waals surface area contributed by atoms with Crippen molar-refractivity contribution in [3.8, 4) is 0 Å². The number of rotatable bonds is 15. The molecule has 1 aliphatic heterocycles. The molecule has 0 N–H and O–H groups in total. The third-order valence-corrected chi connectivity index (χ3v) is 47.9.